The highest BCUT2D eigenvalue weighted by atomic mass is 16.5. The number of aryl methyl sites for hydroxylation is 1. The van der Waals surface area contributed by atoms with Gasteiger partial charge in [0.05, 0.1) is 24.8 Å². The van der Waals surface area contributed by atoms with E-state index < -0.39 is 0 Å². The zero-order valence-electron chi connectivity index (χ0n) is 10.7. The largest absolute Gasteiger partial charge is 0.372 e. The number of rotatable bonds is 4. The molecule has 0 aliphatic carbocycles. The molecule has 1 aromatic carbocycles. The van der Waals surface area contributed by atoms with E-state index in [0.29, 0.717) is 17.7 Å². The number of benzene rings is 1. The Morgan fingerprint density at radius 3 is 2.89 bits per heavy atom. The Kier molecular flexibility index (Phi) is 4.11. The summed E-state index contributed by atoms with van der Waals surface area (Å²) in [5.74, 6) is 0. The van der Waals surface area contributed by atoms with Crippen molar-refractivity contribution in [2.75, 3.05) is 0 Å². The molecule has 4 heteroatoms. The fraction of sp³-hybridized carbons (Fsp3) is 0.200. The average Bonchev–Trinajstić information content (AvgIpc) is 2.44. The van der Waals surface area contributed by atoms with Crippen molar-refractivity contribution in [2.45, 2.75) is 13.2 Å². The minimum atomic E-state index is -0.0479. The van der Waals surface area contributed by atoms with Gasteiger partial charge < -0.3 is 9.30 Å². The van der Waals surface area contributed by atoms with Crippen molar-refractivity contribution in [3.05, 3.63) is 69.6 Å². The standard InChI is InChI=1S/C15H14N2O2/c1-17-7-3-6-14(15(17)18)11-19-10-13-5-2-4-12(8-13)9-16/h2-8H,10-11H2,1H3. The van der Waals surface area contributed by atoms with Gasteiger partial charge >= 0.3 is 0 Å². The summed E-state index contributed by atoms with van der Waals surface area (Å²) in [5.41, 5.74) is 2.11. The van der Waals surface area contributed by atoms with E-state index in [9.17, 15) is 4.79 Å². The Balaban J connectivity index is 1.98. The van der Waals surface area contributed by atoms with Gasteiger partial charge in [0.15, 0.2) is 0 Å². The lowest BCUT2D eigenvalue weighted by Gasteiger charge is -2.05. The molecule has 2 rings (SSSR count). The lowest BCUT2D eigenvalue weighted by atomic mass is 10.1. The van der Waals surface area contributed by atoms with Crippen LogP contribution >= 0.6 is 0 Å². The molecule has 19 heavy (non-hydrogen) atoms. The molecule has 96 valence electrons. The van der Waals surface area contributed by atoms with Gasteiger partial charge in [-0.2, -0.15) is 5.26 Å². The number of pyridine rings is 1. The molecular formula is C15H14N2O2. The summed E-state index contributed by atoms with van der Waals surface area (Å²) in [6.07, 6.45) is 1.71. The number of nitrogens with zero attached hydrogens (tertiary/aromatic N) is 2. The number of hydrogen-bond donors (Lipinski definition) is 0. The molecule has 0 saturated heterocycles. The van der Waals surface area contributed by atoms with Crippen molar-refractivity contribution in [3.63, 3.8) is 0 Å². The van der Waals surface area contributed by atoms with Crippen LogP contribution in [0.15, 0.2) is 47.4 Å². The first-order valence-corrected chi connectivity index (χ1v) is 5.92. The van der Waals surface area contributed by atoms with E-state index in [1.165, 1.54) is 4.57 Å². The van der Waals surface area contributed by atoms with Crippen LogP contribution in [-0.4, -0.2) is 4.57 Å². The van der Waals surface area contributed by atoms with Crippen LogP contribution in [0.4, 0.5) is 0 Å². The third kappa shape index (κ3) is 3.30. The van der Waals surface area contributed by atoms with Crippen molar-refractivity contribution < 1.29 is 4.74 Å². The summed E-state index contributed by atoms with van der Waals surface area (Å²) in [5, 5.41) is 8.80. The smallest absolute Gasteiger partial charge is 0.255 e. The van der Waals surface area contributed by atoms with E-state index in [-0.39, 0.29) is 12.2 Å². The first-order chi connectivity index (χ1) is 9.20. The molecule has 2 aromatic rings. The van der Waals surface area contributed by atoms with Gasteiger partial charge in [-0.3, -0.25) is 4.79 Å². The van der Waals surface area contributed by atoms with Gasteiger partial charge in [-0.25, -0.2) is 0 Å². The molecule has 4 nitrogen and oxygen atoms in total. The molecule has 0 bridgehead atoms. The fourth-order valence-electron chi connectivity index (χ4n) is 1.77. The van der Waals surface area contributed by atoms with Crippen LogP contribution in [0.1, 0.15) is 16.7 Å². The van der Waals surface area contributed by atoms with Crippen molar-refractivity contribution in [1.82, 2.24) is 4.57 Å². The molecule has 1 aromatic heterocycles. The second kappa shape index (κ2) is 5.98. The number of ether oxygens (including phenoxy) is 1. The molecule has 0 N–H and O–H groups in total. The normalized spacial score (nSPS) is 10.1. The van der Waals surface area contributed by atoms with Gasteiger partial charge in [0.25, 0.3) is 5.56 Å². The molecule has 0 amide bonds. The van der Waals surface area contributed by atoms with Gasteiger partial charge in [0.2, 0.25) is 0 Å². The molecule has 0 aliphatic rings. The number of hydrogen-bond acceptors (Lipinski definition) is 3. The zero-order valence-corrected chi connectivity index (χ0v) is 10.7. The van der Waals surface area contributed by atoms with Gasteiger partial charge in [-0.15, -0.1) is 0 Å². The summed E-state index contributed by atoms with van der Waals surface area (Å²) < 4.78 is 7.04. The maximum absolute atomic E-state index is 11.8. The lowest BCUT2D eigenvalue weighted by molar-refractivity contribution is 0.106. The van der Waals surface area contributed by atoms with Crippen molar-refractivity contribution in [1.29, 1.82) is 5.26 Å². The van der Waals surface area contributed by atoms with Crippen LogP contribution in [0.25, 0.3) is 0 Å². The highest BCUT2D eigenvalue weighted by molar-refractivity contribution is 5.32. The molecular weight excluding hydrogens is 240 g/mol. The Morgan fingerprint density at radius 1 is 1.26 bits per heavy atom. The van der Waals surface area contributed by atoms with Crippen molar-refractivity contribution in [3.8, 4) is 6.07 Å². The third-order valence-electron chi connectivity index (χ3n) is 2.78. The van der Waals surface area contributed by atoms with E-state index in [0.717, 1.165) is 5.56 Å². The Hall–Kier alpha value is -2.38. The molecule has 0 saturated carbocycles. The predicted octanol–water partition coefficient (Wildman–Crippen LogP) is 1.97. The molecule has 0 unspecified atom stereocenters. The minimum Gasteiger partial charge on any atom is -0.372 e. The second-order valence-corrected chi connectivity index (χ2v) is 4.25. The van der Waals surface area contributed by atoms with Crippen LogP contribution in [0.3, 0.4) is 0 Å². The summed E-state index contributed by atoms with van der Waals surface area (Å²) in [6, 6.07) is 12.9. The van der Waals surface area contributed by atoms with E-state index in [1.54, 1.807) is 31.4 Å². The quantitative estimate of drug-likeness (QED) is 0.838. The lowest BCUT2D eigenvalue weighted by Crippen LogP contribution is -2.20. The van der Waals surface area contributed by atoms with Crippen LogP contribution in [-0.2, 0) is 25.0 Å². The minimum absolute atomic E-state index is 0.0479. The molecule has 0 aliphatic heterocycles. The molecule has 1 heterocycles. The Bertz CT molecular complexity index is 668. The third-order valence-corrected chi connectivity index (χ3v) is 2.78. The average molecular weight is 254 g/mol. The topological polar surface area (TPSA) is 55.0 Å². The molecule has 0 radical (unpaired) electrons. The fourth-order valence-corrected chi connectivity index (χ4v) is 1.77. The van der Waals surface area contributed by atoms with Gasteiger partial charge in [-0.1, -0.05) is 12.1 Å². The molecule has 0 spiro atoms. The molecule has 0 atom stereocenters. The van der Waals surface area contributed by atoms with Crippen molar-refractivity contribution >= 4 is 0 Å². The first-order valence-electron chi connectivity index (χ1n) is 5.92. The summed E-state index contributed by atoms with van der Waals surface area (Å²) in [6.45, 7) is 0.651. The van der Waals surface area contributed by atoms with Crippen LogP contribution < -0.4 is 5.56 Å². The van der Waals surface area contributed by atoms with Crippen LogP contribution in [0, 0.1) is 11.3 Å². The highest BCUT2D eigenvalue weighted by Crippen LogP contribution is 2.06. The van der Waals surface area contributed by atoms with Gasteiger partial charge in [0, 0.05) is 18.8 Å². The van der Waals surface area contributed by atoms with E-state index in [4.69, 9.17) is 10.00 Å². The Morgan fingerprint density at radius 2 is 2.11 bits per heavy atom. The van der Waals surface area contributed by atoms with Crippen LogP contribution in [0.2, 0.25) is 0 Å². The van der Waals surface area contributed by atoms with Gasteiger partial charge in [-0.05, 0) is 29.8 Å². The predicted molar refractivity (Wildman–Crippen MR) is 71.3 cm³/mol. The van der Waals surface area contributed by atoms with Crippen LogP contribution in [0.5, 0.6) is 0 Å². The van der Waals surface area contributed by atoms with E-state index in [1.807, 2.05) is 18.2 Å². The Labute approximate surface area is 111 Å². The van der Waals surface area contributed by atoms with E-state index >= 15 is 0 Å². The summed E-state index contributed by atoms with van der Waals surface area (Å²) in [4.78, 5) is 11.8. The first kappa shape index (κ1) is 13.1. The number of nitriles is 1. The van der Waals surface area contributed by atoms with E-state index in [2.05, 4.69) is 6.07 Å². The summed E-state index contributed by atoms with van der Waals surface area (Å²) in [7, 11) is 1.71. The maximum atomic E-state index is 11.8. The number of aromatic nitrogens is 1. The summed E-state index contributed by atoms with van der Waals surface area (Å²) >= 11 is 0. The van der Waals surface area contributed by atoms with Crippen molar-refractivity contribution in [2.24, 2.45) is 7.05 Å². The molecule has 0 fully saturated rings. The SMILES string of the molecule is Cn1cccc(COCc2cccc(C#N)c2)c1=O. The van der Waals surface area contributed by atoms with Gasteiger partial charge in [0.1, 0.15) is 0 Å². The zero-order chi connectivity index (χ0) is 13.7. The second-order valence-electron chi connectivity index (χ2n) is 4.25. The maximum Gasteiger partial charge on any atom is 0.255 e. The highest BCUT2D eigenvalue weighted by Gasteiger charge is 2.01. The monoisotopic (exact) mass is 254 g/mol.